The maximum absolute atomic E-state index is 13.2. The second-order valence-corrected chi connectivity index (χ2v) is 4.81. The molecule has 2 rings (SSSR count). The lowest BCUT2D eigenvalue weighted by molar-refractivity contribution is 0.506. The number of rotatable bonds is 3. The Bertz CT molecular complexity index is 557. The van der Waals surface area contributed by atoms with Crippen LogP contribution in [0.1, 0.15) is 17.2 Å². The van der Waals surface area contributed by atoms with Crippen molar-refractivity contribution in [1.29, 1.82) is 0 Å². The van der Waals surface area contributed by atoms with Crippen molar-refractivity contribution in [3.63, 3.8) is 0 Å². The fourth-order valence-corrected chi connectivity index (χ4v) is 2.20. The SMILES string of the molecule is CSc1cccc([C@H](N)c2ccc(F)c(F)c2)c1. The van der Waals surface area contributed by atoms with E-state index < -0.39 is 17.7 Å². The van der Waals surface area contributed by atoms with Crippen molar-refractivity contribution in [1.82, 2.24) is 0 Å². The van der Waals surface area contributed by atoms with E-state index in [-0.39, 0.29) is 0 Å². The van der Waals surface area contributed by atoms with Gasteiger partial charge in [-0.1, -0.05) is 18.2 Å². The molecule has 0 amide bonds. The lowest BCUT2D eigenvalue weighted by Gasteiger charge is -2.13. The Morgan fingerprint density at radius 3 is 2.39 bits per heavy atom. The van der Waals surface area contributed by atoms with Gasteiger partial charge in [-0.2, -0.15) is 0 Å². The van der Waals surface area contributed by atoms with E-state index in [1.807, 2.05) is 30.5 Å². The first-order valence-corrected chi connectivity index (χ1v) is 6.69. The van der Waals surface area contributed by atoms with Crippen LogP contribution in [0, 0.1) is 11.6 Å². The van der Waals surface area contributed by atoms with E-state index in [1.54, 1.807) is 11.8 Å². The molecule has 2 aromatic rings. The first-order valence-electron chi connectivity index (χ1n) is 5.46. The summed E-state index contributed by atoms with van der Waals surface area (Å²) < 4.78 is 26.0. The zero-order chi connectivity index (χ0) is 13.1. The van der Waals surface area contributed by atoms with Gasteiger partial charge in [0.05, 0.1) is 6.04 Å². The van der Waals surface area contributed by atoms with E-state index in [0.29, 0.717) is 5.56 Å². The van der Waals surface area contributed by atoms with Crippen LogP contribution in [0.3, 0.4) is 0 Å². The van der Waals surface area contributed by atoms with Crippen molar-refractivity contribution in [2.45, 2.75) is 10.9 Å². The smallest absolute Gasteiger partial charge is 0.159 e. The summed E-state index contributed by atoms with van der Waals surface area (Å²) in [5.74, 6) is -1.73. The molecule has 0 heterocycles. The molecule has 1 nitrogen and oxygen atoms in total. The molecule has 0 aliphatic carbocycles. The van der Waals surface area contributed by atoms with E-state index in [2.05, 4.69) is 0 Å². The van der Waals surface area contributed by atoms with Crippen LogP contribution in [0.5, 0.6) is 0 Å². The molecule has 0 fully saturated rings. The Balaban J connectivity index is 2.34. The maximum Gasteiger partial charge on any atom is 0.159 e. The topological polar surface area (TPSA) is 26.0 Å². The largest absolute Gasteiger partial charge is 0.320 e. The minimum Gasteiger partial charge on any atom is -0.320 e. The molecule has 2 N–H and O–H groups in total. The Kier molecular flexibility index (Phi) is 3.99. The third-order valence-electron chi connectivity index (χ3n) is 2.76. The van der Waals surface area contributed by atoms with Crippen LogP contribution < -0.4 is 5.73 Å². The minimum absolute atomic E-state index is 0.452. The van der Waals surface area contributed by atoms with Gasteiger partial charge in [0.2, 0.25) is 0 Å². The molecule has 0 saturated carbocycles. The molecule has 18 heavy (non-hydrogen) atoms. The third-order valence-corrected chi connectivity index (χ3v) is 3.48. The summed E-state index contributed by atoms with van der Waals surface area (Å²) in [6.07, 6.45) is 1.97. The summed E-state index contributed by atoms with van der Waals surface area (Å²) >= 11 is 1.61. The van der Waals surface area contributed by atoms with Gasteiger partial charge >= 0.3 is 0 Å². The van der Waals surface area contributed by atoms with E-state index in [4.69, 9.17) is 5.73 Å². The van der Waals surface area contributed by atoms with Crippen LogP contribution in [0.25, 0.3) is 0 Å². The van der Waals surface area contributed by atoms with E-state index in [0.717, 1.165) is 22.6 Å². The normalized spacial score (nSPS) is 12.4. The summed E-state index contributed by atoms with van der Waals surface area (Å²) in [5, 5.41) is 0. The van der Waals surface area contributed by atoms with Crippen LogP contribution in [0.15, 0.2) is 47.4 Å². The highest BCUT2D eigenvalue weighted by molar-refractivity contribution is 7.98. The molecule has 1 atom stereocenters. The Hall–Kier alpha value is -1.39. The van der Waals surface area contributed by atoms with Crippen molar-refractivity contribution < 1.29 is 8.78 Å². The first-order chi connectivity index (χ1) is 8.61. The lowest BCUT2D eigenvalue weighted by Crippen LogP contribution is -2.12. The molecular weight excluding hydrogens is 252 g/mol. The monoisotopic (exact) mass is 265 g/mol. The van der Waals surface area contributed by atoms with Crippen molar-refractivity contribution in [3.05, 3.63) is 65.2 Å². The predicted molar refractivity (Wildman–Crippen MR) is 70.6 cm³/mol. The molecule has 0 spiro atoms. The molecule has 2 aromatic carbocycles. The lowest BCUT2D eigenvalue weighted by atomic mass is 9.99. The van der Waals surface area contributed by atoms with Gasteiger partial charge < -0.3 is 5.73 Å². The van der Waals surface area contributed by atoms with Gasteiger partial charge in [0, 0.05) is 4.90 Å². The molecule has 0 aliphatic rings. The number of halogens is 2. The molecule has 0 aromatic heterocycles. The Morgan fingerprint density at radius 2 is 1.72 bits per heavy atom. The summed E-state index contributed by atoms with van der Waals surface area (Å²) in [5.41, 5.74) is 7.50. The van der Waals surface area contributed by atoms with Crippen LogP contribution in [0.4, 0.5) is 8.78 Å². The van der Waals surface area contributed by atoms with E-state index in [1.165, 1.54) is 6.07 Å². The Morgan fingerprint density at radius 1 is 1.00 bits per heavy atom. The van der Waals surface area contributed by atoms with E-state index >= 15 is 0 Å². The van der Waals surface area contributed by atoms with E-state index in [9.17, 15) is 8.78 Å². The molecule has 0 unspecified atom stereocenters. The fraction of sp³-hybridized carbons (Fsp3) is 0.143. The van der Waals surface area contributed by atoms with Crippen molar-refractivity contribution in [2.24, 2.45) is 5.73 Å². The van der Waals surface area contributed by atoms with Gasteiger partial charge in [-0.15, -0.1) is 11.8 Å². The zero-order valence-electron chi connectivity index (χ0n) is 9.86. The molecule has 94 valence electrons. The zero-order valence-corrected chi connectivity index (χ0v) is 10.7. The third kappa shape index (κ3) is 2.71. The van der Waals surface area contributed by atoms with Gasteiger partial charge in [-0.3, -0.25) is 0 Å². The van der Waals surface area contributed by atoms with Gasteiger partial charge in [0.15, 0.2) is 11.6 Å². The van der Waals surface area contributed by atoms with Crippen LogP contribution >= 0.6 is 11.8 Å². The molecular formula is C14H13F2NS. The summed E-state index contributed by atoms with van der Waals surface area (Å²) in [4.78, 5) is 1.09. The molecule has 0 aliphatic heterocycles. The van der Waals surface area contributed by atoms with Crippen LogP contribution in [-0.2, 0) is 0 Å². The summed E-state index contributed by atoms with van der Waals surface area (Å²) in [7, 11) is 0. The number of thioether (sulfide) groups is 1. The van der Waals surface area contributed by atoms with Crippen LogP contribution in [-0.4, -0.2) is 6.26 Å². The number of nitrogens with two attached hydrogens (primary N) is 1. The van der Waals surface area contributed by atoms with Crippen molar-refractivity contribution >= 4 is 11.8 Å². The minimum atomic E-state index is -0.871. The highest BCUT2D eigenvalue weighted by atomic mass is 32.2. The maximum atomic E-state index is 13.2. The number of hydrogen-bond acceptors (Lipinski definition) is 2. The second kappa shape index (κ2) is 5.50. The van der Waals surface area contributed by atoms with Crippen LogP contribution in [0.2, 0.25) is 0 Å². The van der Waals surface area contributed by atoms with Crippen molar-refractivity contribution in [3.8, 4) is 0 Å². The average Bonchev–Trinajstić information content (AvgIpc) is 2.41. The average molecular weight is 265 g/mol. The summed E-state index contributed by atoms with van der Waals surface area (Å²) in [6, 6.07) is 11.0. The highest BCUT2D eigenvalue weighted by Crippen LogP contribution is 2.24. The fourth-order valence-electron chi connectivity index (χ4n) is 1.73. The molecule has 0 bridgehead atoms. The second-order valence-electron chi connectivity index (χ2n) is 3.93. The molecule has 4 heteroatoms. The Labute approximate surface area is 109 Å². The number of hydrogen-bond donors (Lipinski definition) is 1. The quantitative estimate of drug-likeness (QED) is 0.856. The summed E-state index contributed by atoms with van der Waals surface area (Å²) in [6.45, 7) is 0. The first kappa shape index (κ1) is 13.1. The predicted octanol–water partition coefficient (Wildman–Crippen LogP) is 3.73. The molecule has 0 radical (unpaired) electrons. The molecule has 0 saturated heterocycles. The van der Waals surface area contributed by atoms with Gasteiger partial charge in [0.25, 0.3) is 0 Å². The number of benzene rings is 2. The highest BCUT2D eigenvalue weighted by Gasteiger charge is 2.12. The van der Waals surface area contributed by atoms with Gasteiger partial charge in [-0.25, -0.2) is 8.78 Å². The van der Waals surface area contributed by atoms with Crippen molar-refractivity contribution in [2.75, 3.05) is 6.26 Å². The standard InChI is InChI=1S/C14H13F2NS/c1-18-11-4-2-3-9(7-11)14(17)10-5-6-12(15)13(16)8-10/h2-8,14H,17H2,1H3/t14-/m0/s1. The van der Waals surface area contributed by atoms with Gasteiger partial charge in [-0.05, 0) is 41.6 Å². The van der Waals surface area contributed by atoms with Gasteiger partial charge in [0.1, 0.15) is 0 Å².